The van der Waals surface area contributed by atoms with Crippen LogP contribution in [0, 0.1) is 0 Å². The van der Waals surface area contributed by atoms with E-state index in [9.17, 15) is 9.59 Å². The smallest absolute Gasteiger partial charge is 0.338 e. The lowest BCUT2D eigenvalue weighted by Crippen LogP contribution is -2.30. The number of hydrogen-bond acceptors (Lipinski definition) is 4. The molecule has 1 aromatic carbocycles. The van der Waals surface area contributed by atoms with Crippen LogP contribution in [0.3, 0.4) is 0 Å². The van der Waals surface area contributed by atoms with Gasteiger partial charge < -0.3 is 19.2 Å². The molecule has 2 aromatic rings. The van der Waals surface area contributed by atoms with Crippen molar-refractivity contribution in [3.63, 3.8) is 0 Å². The van der Waals surface area contributed by atoms with Gasteiger partial charge >= 0.3 is 5.97 Å². The molecule has 0 aliphatic carbocycles. The second-order valence-corrected chi connectivity index (χ2v) is 5.62. The van der Waals surface area contributed by atoms with Crippen LogP contribution in [-0.2, 0) is 0 Å². The van der Waals surface area contributed by atoms with E-state index >= 15 is 0 Å². The summed E-state index contributed by atoms with van der Waals surface area (Å²) in [6, 6.07) is 8.39. The van der Waals surface area contributed by atoms with Gasteiger partial charge in [0.2, 0.25) is 0 Å². The zero-order valence-corrected chi connectivity index (χ0v) is 12.8. The van der Waals surface area contributed by atoms with Gasteiger partial charge in [0, 0.05) is 19.0 Å². The quantitative estimate of drug-likeness (QED) is 0.929. The van der Waals surface area contributed by atoms with Gasteiger partial charge in [0.15, 0.2) is 5.76 Å². The van der Waals surface area contributed by atoms with E-state index in [4.69, 9.17) is 25.9 Å². The molecular formula is C16H14ClNO5. The first-order valence-corrected chi connectivity index (χ1v) is 7.44. The molecule has 1 aromatic heterocycles. The minimum atomic E-state index is -1.13. The molecule has 1 aliphatic heterocycles. The van der Waals surface area contributed by atoms with Crippen molar-refractivity contribution >= 4 is 23.5 Å². The van der Waals surface area contributed by atoms with Crippen LogP contribution in [-0.4, -0.2) is 41.1 Å². The third-order valence-corrected chi connectivity index (χ3v) is 3.93. The molecule has 0 radical (unpaired) electrons. The number of carboxylic acid groups (broad SMARTS) is 1. The van der Waals surface area contributed by atoms with E-state index in [2.05, 4.69) is 0 Å². The molecule has 7 heteroatoms. The summed E-state index contributed by atoms with van der Waals surface area (Å²) in [6.07, 6.45) is 1.57. The van der Waals surface area contributed by atoms with Crippen LogP contribution in [0.25, 0.3) is 0 Å². The van der Waals surface area contributed by atoms with E-state index in [1.807, 2.05) is 12.1 Å². The normalized spacial score (nSPS) is 17.3. The van der Waals surface area contributed by atoms with Crippen molar-refractivity contribution < 1.29 is 23.8 Å². The minimum Gasteiger partial charge on any atom is -0.487 e. The first-order valence-electron chi connectivity index (χ1n) is 7.07. The summed E-state index contributed by atoms with van der Waals surface area (Å²) in [6.45, 7) is 0.907. The van der Waals surface area contributed by atoms with Crippen LogP contribution in [0.1, 0.15) is 27.3 Å². The molecule has 1 saturated heterocycles. The fourth-order valence-corrected chi connectivity index (χ4v) is 2.63. The van der Waals surface area contributed by atoms with Gasteiger partial charge in [0.05, 0.1) is 17.1 Å². The third-order valence-electron chi connectivity index (χ3n) is 3.62. The average Bonchev–Trinajstić information content (AvgIpc) is 3.18. The highest BCUT2D eigenvalue weighted by atomic mass is 35.5. The van der Waals surface area contributed by atoms with Gasteiger partial charge in [0.25, 0.3) is 5.91 Å². The van der Waals surface area contributed by atoms with Crippen LogP contribution in [0.2, 0.25) is 5.02 Å². The van der Waals surface area contributed by atoms with Crippen LogP contribution < -0.4 is 4.74 Å². The van der Waals surface area contributed by atoms with Crippen molar-refractivity contribution in [1.29, 1.82) is 0 Å². The fraction of sp³-hybridized carbons (Fsp3) is 0.250. The van der Waals surface area contributed by atoms with Gasteiger partial charge in [-0.3, -0.25) is 4.79 Å². The highest BCUT2D eigenvalue weighted by Crippen LogP contribution is 2.27. The minimum absolute atomic E-state index is 0.0146. The molecule has 1 unspecified atom stereocenters. The van der Waals surface area contributed by atoms with Gasteiger partial charge in [-0.15, -0.1) is 0 Å². The van der Waals surface area contributed by atoms with E-state index in [0.717, 1.165) is 6.26 Å². The number of benzene rings is 1. The number of rotatable bonds is 4. The predicted octanol–water partition coefficient (Wildman–Crippen LogP) is 2.92. The van der Waals surface area contributed by atoms with Crippen LogP contribution in [0.4, 0.5) is 0 Å². The summed E-state index contributed by atoms with van der Waals surface area (Å²) >= 11 is 6.05. The fourth-order valence-electron chi connectivity index (χ4n) is 2.45. The summed E-state index contributed by atoms with van der Waals surface area (Å²) in [5, 5.41) is 9.38. The summed E-state index contributed by atoms with van der Waals surface area (Å²) in [4.78, 5) is 24.7. The zero-order valence-electron chi connectivity index (χ0n) is 12.1. The molecule has 23 heavy (non-hydrogen) atoms. The Labute approximate surface area is 137 Å². The first kappa shape index (κ1) is 15.4. The Morgan fingerprint density at radius 2 is 2.13 bits per heavy atom. The number of halogens is 1. The van der Waals surface area contributed by atoms with Gasteiger partial charge in [0.1, 0.15) is 18.1 Å². The van der Waals surface area contributed by atoms with Crippen molar-refractivity contribution in [1.82, 2.24) is 4.90 Å². The number of nitrogens with zero attached hydrogens (tertiary/aromatic N) is 1. The van der Waals surface area contributed by atoms with E-state index in [1.54, 1.807) is 17.0 Å². The average molecular weight is 336 g/mol. The number of carbonyl (C=O) groups excluding carboxylic acids is 1. The highest BCUT2D eigenvalue weighted by Gasteiger charge is 2.30. The second-order valence-electron chi connectivity index (χ2n) is 5.21. The molecule has 0 saturated carbocycles. The molecule has 1 aliphatic rings. The molecule has 0 spiro atoms. The van der Waals surface area contributed by atoms with Crippen molar-refractivity contribution in [2.75, 3.05) is 13.1 Å². The standard InChI is InChI=1S/C16H14ClNO5/c17-12-3-1-2-4-13(12)23-11-5-6-18(8-11)15(19)14-7-10(9-22-14)16(20)21/h1-4,7,9,11H,5-6,8H2,(H,20,21). The van der Waals surface area contributed by atoms with E-state index in [1.165, 1.54) is 6.07 Å². The number of carbonyl (C=O) groups is 2. The molecule has 2 heterocycles. The number of amides is 1. The summed E-state index contributed by atoms with van der Waals surface area (Å²) in [5.74, 6) is -0.877. The van der Waals surface area contributed by atoms with E-state index in [0.29, 0.717) is 30.3 Å². The lowest BCUT2D eigenvalue weighted by molar-refractivity contribution is 0.0694. The largest absolute Gasteiger partial charge is 0.487 e. The number of hydrogen-bond donors (Lipinski definition) is 1. The number of para-hydroxylation sites is 1. The third kappa shape index (κ3) is 3.32. The molecule has 3 rings (SSSR count). The first-order chi connectivity index (χ1) is 11.0. The molecular weight excluding hydrogens is 322 g/mol. The molecule has 0 bridgehead atoms. The SMILES string of the molecule is O=C(O)c1coc(C(=O)N2CCC(Oc3ccccc3Cl)C2)c1. The highest BCUT2D eigenvalue weighted by molar-refractivity contribution is 6.32. The molecule has 120 valence electrons. The number of aromatic carboxylic acids is 1. The van der Waals surface area contributed by atoms with Gasteiger partial charge in [-0.2, -0.15) is 0 Å². The van der Waals surface area contributed by atoms with Crippen molar-refractivity contribution in [2.24, 2.45) is 0 Å². The molecule has 1 amide bonds. The number of likely N-dealkylation sites (tertiary alicyclic amines) is 1. The summed E-state index contributed by atoms with van der Waals surface area (Å²) in [7, 11) is 0. The lowest BCUT2D eigenvalue weighted by atomic mass is 10.3. The summed E-state index contributed by atoms with van der Waals surface area (Å²) < 4.78 is 10.9. The Morgan fingerprint density at radius 3 is 2.83 bits per heavy atom. The van der Waals surface area contributed by atoms with Gasteiger partial charge in [-0.1, -0.05) is 23.7 Å². The van der Waals surface area contributed by atoms with E-state index in [-0.39, 0.29) is 23.3 Å². The Kier molecular flexibility index (Phi) is 4.25. The number of ether oxygens (including phenoxy) is 1. The second kappa shape index (κ2) is 6.34. The van der Waals surface area contributed by atoms with Crippen molar-refractivity contribution in [3.8, 4) is 5.75 Å². The Morgan fingerprint density at radius 1 is 1.35 bits per heavy atom. The predicted molar refractivity (Wildman–Crippen MR) is 82.1 cm³/mol. The zero-order chi connectivity index (χ0) is 16.4. The lowest BCUT2D eigenvalue weighted by Gasteiger charge is -2.16. The Balaban J connectivity index is 1.64. The number of carboxylic acids is 1. The molecule has 6 nitrogen and oxygen atoms in total. The molecule has 1 fully saturated rings. The van der Waals surface area contributed by atoms with Crippen LogP contribution in [0.5, 0.6) is 5.75 Å². The maximum atomic E-state index is 12.3. The Hall–Kier alpha value is -2.47. The van der Waals surface area contributed by atoms with Gasteiger partial charge in [-0.25, -0.2) is 4.79 Å². The van der Waals surface area contributed by atoms with E-state index < -0.39 is 5.97 Å². The number of furan rings is 1. The molecule has 1 atom stereocenters. The monoisotopic (exact) mass is 335 g/mol. The van der Waals surface area contributed by atoms with Gasteiger partial charge in [-0.05, 0) is 12.1 Å². The van der Waals surface area contributed by atoms with Crippen LogP contribution in [0.15, 0.2) is 41.0 Å². The summed E-state index contributed by atoms with van der Waals surface area (Å²) in [5.41, 5.74) is -0.0450. The van der Waals surface area contributed by atoms with Crippen molar-refractivity contribution in [3.05, 3.63) is 52.9 Å². The Bertz CT molecular complexity index is 742. The maximum absolute atomic E-state index is 12.3. The van der Waals surface area contributed by atoms with Crippen LogP contribution >= 0.6 is 11.6 Å². The molecule has 1 N–H and O–H groups in total. The topological polar surface area (TPSA) is 80.0 Å². The maximum Gasteiger partial charge on any atom is 0.338 e. The van der Waals surface area contributed by atoms with Crippen molar-refractivity contribution in [2.45, 2.75) is 12.5 Å².